The van der Waals surface area contributed by atoms with E-state index in [0.717, 1.165) is 18.6 Å². The molecule has 0 amide bonds. The molecule has 0 saturated heterocycles. The highest BCUT2D eigenvalue weighted by atomic mass is 16.5. The molecule has 0 radical (unpaired) electrons. The van der Waals surface area contributed by atoms with Crippen molar-refractivity contribution in [3.8, 4) is 5.75 Å². The van der Waals surface area contributed by atoms with Crippen LogP contribution in [0.15, 0.2) is 40.1 Å². The summed E-state index contributed by atoms with van der Waals surface area (Å²) in [7, 11) is 1.68. The lowest BCUT2D eigenvalue weighted by molar-refractivity contribution is 0.415. The molecule has 1 aromatic carbocycles. The summed E-state index contributed by atoms with van der Waals surface area (Å²) in [5.41, 5.74) is 2.59. The van der Waals surface area contributed by atoms with Crippen molar-refractivity contribution in [2.75, 3.05) is 7.11 Å². The lowest BCUT2D eigenvalue weighted by Gasteiger charge is -2.02. The molecule has 3 nitrogen and oxygen atoms in total. The van der Waals surface area contributed by atoms with Crippen molar-refractivity contribution < 1.29 is 4.74 Å². The minimum absolute atomic E-state index is 0.354. The first-order valence-electron chi connectivity index (χ1n) is 5.62. The predicted octanol–water partition coefficient (Wildman–Crippen LogP) is 3.08. The van der Waals surface area contributed by atoms with Gasteiger partial charge in [0.2, 0.25) is 0 Å². The maximum absolute atomic E-state index is 5.14. The summed E-state index contributed by atoms with van der Waals surface area (Å²) >= 11 is 0. The average Bonchev–Trinajstić information content (AvgIpc) is 2.90. The minimum atomic E-state index is 0.354. The van der Waals surface area contributed by atoms with Crippen molar-refractivity contribution in [2.24, 2.45) is 10.2 Å². The topological polar surface area (TPSA) is 34.0 Å². The number of rotatable bonds is 2. The molecule has 0 unspecified atom stereocenters. The molecule has 1 fully saturated rings. The van der Waals surface area contributed by atoms with Crippen LogP contribution >= 0.6 is 0 Å². The monoisotopic (exact) mass is 214 g/mol. The number of methoxy groups -OCH3 is 1. The number of azo groups is 1. The first-order chi connectivity index (χ1) is 7.86. The van der Waals surface area contributed by atoms with E-state index in [1.54, 1.807) is 7.11 Å². The molecule has 3 rings (SSSR count). The van der Waals surface area contributed by atoms with Gasteiger partial charge in [-0.2, -0.15) is 10.2 Å². The van der Waals surface area contributed by atoms with Crippen molar-refractivity contribution in [1.82, 2.24) is 0 Å². The van der Waals surface area contributed by atoms with Gasteiger partial charge in [-0.25, -0.2) is 0 Å². The number of ether oxygens (including phenoxy) is 1. The first-order valence-corrected chi connectivity index (χ1v) is 5.62. The third-order valence-corrected chi connectivity index (χ3v) is 3.28. The zero-order chi connectivity index (χ0) is 11.0. The molecule has 1 saturated carbocycles. The summed E-state index contributed by atoms with van der Waals surface area (Å²) in [5.74, 6) is 0.894. The molecule has 0 spiro atoms. The van der Waals surface area contributed by atoms with Gasteiger partial charge in [-0.15, -0.1) is 0 Å². The fraction of sp³-hybridized carbons (Fsp3) is 0.385. The van der Waals surface area contributed by atoms with Crippen LogP contribution in [0, 0.1) is 0 Å². The van der Waals surface area contributed by atoms with Crippen molar-refractivity contribution in [3.05, 3.63) is 35.4 Å². The molecule has 2 atom stereocenters. The smallest absolute Gasteiger partial charge is 0.118 e. The Balaban J connectivity index is 1.86. The van der Waals surface area contributed by atoms with Crippen LogP contribution in [0.2, 0.25) is 0 Å². The van der Waals surface area contributed by atoms with Crippen LogP contribution in [0.4, 0.5) is 0 Å². The van der Waals surface area contributed by atoms with E-state index in [0.29, 0.717) is 12.1 Å². The van der Waals surface area contributed by atoms with Gasteiger partial charge >= 0.3 is 0 Å². The highest BCUT2D eigenvalue weighted by Crippen LogP contribution is 2.37. The van der Waals surface area contributed by atoms with Crippen LogP contribution in [0.1, 0.15) is 18.4 Å². The van der Waals surface area contributed by atoms with Crippen LogP contribution in [-0.4, -0.2) is 19.2 Å². The minimum Gasteiger partial charge on any atom is -0.497 e. The molecule has 0 aromatic heterocycles. The van der Waals surface area contributed by atoms with Crippen LogP contribution in [0.3, 0.4) is 0 Å². The van der Waals surface area contributed by atoms with E-state index in [4.69, 9.17) is 4.74 Å². The van der Waals surface area contributed by atoms with Crippen LogP contribution in [-0.2, 0) is 0 Å². The Morgan fingerprint density at radius 3 is 2.25 bits per heavy atom. The molecule has 2 aliphatic rings. The number of nitrogens with zero attached hydrogens (tertiary/aromatic N) is 2. The van der Waals surface area contributed by atoms with Gasteiger partial charge in [0.05, 0.1) is 19.2 Å². The summed E-state index contributed by atoms with van der Waals surface area (Å²) < 4.78 is 5.14. The Kier molecular flexibility index (Phi) is 2.24. The van der Waals surface area contributed by atoms with Crippen molar-refractivity contribution in [3.63, 3.8) is 0 Å². The van der Waals surface area contributed by atoms with Gasteiger partial charge in [0.1, 0.15) is 5.75 Å². The Bertz CT molecular complexity index is 432. The average molecular weight is 214 g/mol. The zero-order valence-electron chi connectivity index (χ0n) is 9.26. The fourth-order valence-corrected chi connectivity index (χ4v) is 2.37. The van der Waals surface area contributed by atoms with E-state index in [-0.39, 0.29) is 0 Å². The number of fused-ring (bicyclic) bond motifs is 2. The van der Waals surface area contributed by atoms with E-state index in [1.807, 2.05) is 12.1 Å². The molecule has 0 N–H and O–H groups in total. The summed E-state index contributed by atoms with van der Waals surface area (Å²) in [6, 6.07) is 8.82. The van der Waals surface area contributed by atoms with Crippen molar-refractivity contribution in [2.45, 2.75) is 24.9 Å². The fourth-order valence-electron chi connectivity index (χ4n) is 2.37. The Morgan fingerprint density at radius 1 is 1.12 bits per heavy atom. The highest BCUT2D eigenvalue weighted by Gasteiger charge is 2.35. The first kappa shape index (κ1) is 9.58. The molecule has 2 bridgehead atoms. The van der Waals surface area contributed by atoms with E-state index in [9.17, 15) is 0 Å². The SMILES string of the molecule is COc1ccc(C=C2[C@@H]3CC[C@H]2N=N3)cc1. The van der Waals surface area contributed by atoms with Gasteiger partial charge in [0.15, 0.2) is 0 Å². The third-order valence-electron chi connectivity index (χ3n) is 3.28. The summed E-state index contributed by atoms with van der Waals surface area (Å²) in [6.07, 6.45) is 4.55. The Labute approximate surface area is 94.8 Å². The molecule has 1 aliphatic heterocycles. The molecule has 82 valence electrons. The van der Waals surface area contributed by atoms with E-state index in [2.05, 4.69) is 28.4 Å². The largest absolute Gasteiger partial charge is 0.497 e. The molecule has 1 aliphatic carbocycles. The normalized spacial score (nSPS) is 28.9. The van der Waals surface area contributed by atoms with Gasteiger partial charge in [-0.1, -0.05) is 18.2 Å². The zero-order valence-corrected chi connectivity index (χ0v) is 9.26. The van der Waals surface area contributed by atoms with Crippen molar-refractivity contribution in [1.29, 1.82) is 0 Å². The van der Waals surface area contributed by atoms with Crippen molar-refractivity contribution >= 4 is 6.08 Å². The van der Waals surface area contributed by atoms with Crippen LogP contribution in [0.5, 0.6) is 5.75 Å². The van der Waals surface area contributed by atoms with Crippen LogP contribution in [0.25, 0.3) is 6.08 Å². The number of hydrogen-bond acceptors (Lipinski definition) is 3. The maximum atomic E-state index is 5.14. The molecular formula is C13H14N2O. The summed E-state index contributed by atoms with van der Waals surface area (Å²) in [4.78, 5) is 0. The quantitative estimate of drug-likeness (QED) is 0.744. The predicted molar refractivity (Wildman–Crippen MR) is 62.6 cm³/mol. The van der Waals surface area contributed by atoms with E-state index in [1.165, 1.54) is 11.1 Å². The lowest BCUT2D eigenvalue weighted by Crippen LogP contribution is -1.98. The summed E-state index contributed by atoms with van der Waals surface area (Å²) in [5, 5.41) is 8.49. The number of hydrogen-bond donors (Lipinski definition) is 0. The molecule has 3 heteroatoms. The highest BCUT2D eigenvalue weighted by molar-refractivity contribution is 5.58. The second-order valence-corrected chi connectivity index (χ2v) is 4.26. The number of benzene rings is 1. The molecule has 1 heterocycles. The third kappa shape index (κ3) is 1.52. The Hall–Kier alpha value is -1.64. The van der Waals surface area contributed by atoms with Gasteiger partial charge in [-0.3, -0.25) is 0 Å². The van der Waals surface area contributed by atoms with Crippen LogP contribution < -0.4 is 4.74 Å². The van der Waals surface area contributed by atoms with E-state index < -0.39 is 0 Å². The standard InChI is InChI=1S/C13H14N2O/c1-16-10-4-2-9(3-5-10)8-11-12-6-7-13(11)15-14-12/h2-5,8,12-13H,6-7H2,1H3/t12-,13+. The molecular weight excluding hydrogens is 200 g/mol. The van der Waals surface area contributed by atoms with Gasteiger partial charge in [0.25, 0.3) is 0 Å². The van der Waals surface area contributed by atoms with Gasteiger partial charge in [0, 0.05) is 0 Å². The second kappa shape index (κ2) is 3.74. The van der Waals surface area contributed by atoms with Gasteiger partial charge < -0.3 is 4.74 Å². The second-order valence-electron chi connectivity index (χ2n) is 4.26. The van der Waals surface area contributed by atoms with E-state index >= 15 is 0 Å². The maximum Gasteiger partial charge on any atom is 0.118 e. The van der Waals surface area contributed by atoms with Gasteiger partial charge in [-0.05, 0) is 36.1 Å². The Morgan fingerprint density at radius 2 is 1.75 bits per heavy atom. The molecule has 1 aromatic rings. The molecule has 16 heavy (non-hydrogen) atoms. The lowest BCUT2D eigenvalue weighted by atomic mass is 10.1. The summed E-state index contributed by atoms with van der Waals surface area (Å²) in [6.45, 7) is 0.